The Morgan fingerprint density at radius 3 is 2.68 bits per heavy atom. The minimum atomic E-state index is -0.812. The van der Waals surface area contributed by atoms with E-state index in [1.54, 1.807) is 17.4 Å². The van der Waals surface area contributed by atoms with Crippen molar-refractivity contribution < 1.29 is 8.78 Å². The summed E-state index contributed by atoms with van der Waals surface area (Å²) in [5, 5.41) is 2.03. The van der Waals surface area contributed by atoms with Crippen LogP contribution < -0.4 is 0 Å². The molecule has 1 atom stereocenters. The molecule has 1 unspecified atom stereocenters. The second kappa shape index (κ2) is 7.01. The molecule has 0 spiro atoms. The van der Waals surface area contributed by atoms with Crippen LogP contribution in [0.5, 0.6) is 0 Å². The monoisotopic (exact) mass is 300 g/mol. The number of alkyl halides is 1. The minimum absolute atomic E-state index is 0.0372. The fraction of sp³-hybridized carbons (Fsp3) is 0.333. The number of rotatable bonds is 6. The van der Waals surface area contributed by atoms with Gasteiger partial charge in [-0.25, -0.2) is 8.78 Å². The number of hydrogen-bond acceptors (Lipinski definition) is 1. The molecule has 2 rings (SSSR count). The number of thiophene rings is 1. The van der Waals surface area contributed by atoms with Gasteiger partial charge in [-0.05, 0) is 54.8 Å². The maximum atomic E-state index is 13.1. The summed E-state index contributed by atoms with van der Waals surface area (Å²) in [7, 11) is 0. The third-order valence-corrected chi connectivity index (χ3v) is 4.27. The molecule has 0 fully saturated rings. The Morgan fingerprint density at radius 1 is 1.16 bits per heavy atom. The summed E-state index contributed by atoms with van der Waals surface area (Å²) in [6, 6.07) is 8.12. The van der Waals surface area contributed by atoms with Crippen molar-refractivity contribution in [2.24, 2.45) is 0 Å². The molecule has 4 heteroatoms. The van der Waals surface area contributed by atoms with Gasteiger partial charge in [0.05, 0.1) is 0 Å². The lowest BCUT2D eigenvalue weighted by atomic mass is 10.1. The van der Waals surface area contributed by atoms with Crippen LogP contribution in [0.1, 0.15) is 23.3 Å². The highest BCUT2D eigenvalue weighted by Crippen LogP contribution is 2.18. The molecule has 102 valence electrons. The van der Waals surface area contributed by atoms with Crippen molar-refractivity contribution in [1.29, 1.82) is 0 Å². The smallest absolute Gasteiger partial charge is 0.159 e. The van der Waals surface area contributed by atoms with Gasteiger partial charge < -0.3 is 0 Å². The molecule has 1 heterocycles. The van der Waals surface area contributed by atoms with Crippen molar-refractivity contribution in [1.82, 2.24) is 0 Å². The van der Waals surface area contributed by atoms with Crippen molar-refractivity contribution in [2.75, 3.05) is 0 Å². The summed E-state index contributed by atoms with van der Waals surface area (Å²) in [6.07, 6.45) is 3.48. The second-order valence-corrected chi connectivity index (χ2v) is 6.17. The topological polar surface area (TPSA) is 0 Å². The van der Waals surface area contributed by atoms with E-state index >= 15 is 0 Å². The molecule has 0 nitrogen and oxygen atoms in total. The highest BCUT2D eigenvalue weighted by Gasteiger charge is 2.09. The first kappa shape index (κ1) is 14.5. The van der Waals surface area contributed by atoms with E-state index in [4.69, 9.17) is 11.6 Å². The maximum absolute atomic E-state index is 13.1. The largest absolute Gasteiger partial charge is 0.204 e. The third-order valence-electron chi connectivity index (χ3n) is 2.96. The molecule has 1 aromatic carbocycles. The summed E-state index contributed by atoms with van der Waals surface area (Å²) < 4.78 is 25.8. The van der Waals surface area contributed by atoms with Crippen LogP contribution in [0.25, 0.3) is 0 Å². The van der Waals surface area contributed by atoms with E-state index in [2.05, 4.69) is 11.4 Å². The van der Waals surface area contributed by atoms with Crippen LogP contribution >= 0.6 is 22.9 Å². The molecule has 0 saturated carbocycles. The molecule has 0 aliphatic carbocycles. The minimum Gasteiger partial charge on any atom is -0.204 e. The van der Waals surface area contributed by atoms with E-state index in [9.17, 15) is 8.78 Å². The van der Waals surface area contributed by atoms with Gasteiger partial charge in [0.15, 0.2) is 11.6 Å². The zero-order valence-corrected chi connectivity index (χ0v) is 12.0. The Morgan fingerprint density at radius 2 is 2.00 bits per heavy atom. The van der Waals surface area contributed by atoms with Gasteiger partial charge in [-0.3, -0.25) is 0 Å². The molecule has 2 aromatic rings. The Hall–Kier alpha value is -0.930. The number of benzene rings is 1. The lowest BCUT2D eigenvalue weighted by Crippen LogP contribution is -2.04. The molecule has 0 bridgehead atoms. The molecule has 0 radical (unpaired) electrons. The summed E-state index contributed by atoms with van der Waals surface area (Å²) in [6.45, 7) is 0. The van der Waals surface area contributed by atoms with Crippen LogP contribution in [0.15, 0.2) is 35.7 Å². The average molecular weight is 301 g/mol. The highest BCUT2D eigenvalue weighted by molar-refractivity contribution is 7.09. The molecule has 0 aliphatic rings. The predicted octanol–water partition coefficient (Wildman–Crippen LogP) is 5.20. The van der Waals surface area contributed by atoms with Gasteiger partial charge in [0, 0.05) is 10.3 Å². The summed E-state index contributed by atoms with van der Waals surface area (Å²) in [5.41, 5.74) is 0.745. The van der Waals surface area contributed by atoms with Crippen LogP contribution in [-0.2, 0) is 12.8 Å². The number of halogens is 3. The first-order valence-corrected chi connectivity index (χ1v) is 7.57. The van der Waals surface area contributed by atoms with Crippen molar-refractivity contribution in [2.45, 2.75) is 31.1 Å². The molecular weight excluding hydrogens is 286 g/mol. The molecule has 0 N–H and O–H groups in total. The van der Waals surface area contributed by atoms with E-state index in [0.29, 0.717) is 6.42 Å². The number of aryl methyl sites for hydroxylation is 1. The summed E-state index contributed by atoms with van der Waals surface area (Å²) in [4.78, 5) is 1.36. The molecule has 0 saturated heterocycles. The van der Waals surface area contributed by atoms with Gasteiger partial charge in [-0.15, -0.1) is 22.9 Å². The Balaban J connectivity index is 1.77. The van der Waals surface area contributed by atoms with E-state index in [0.717, 1.165) is 30.9 Å². The summed E-state index contributed by atoms with van der Waals surface area (Å²) in [5.74, 6) is -1.62. The second-order valence-electron chi connectivity index (χ2n) is 4.52. The maximum Gasteiger partial charge on any atom is 0.159 e. The zero-order chi connectivity index (χ0) is 13.7. The quantitative estimate of drug-likeness (QED) is 0.643. The Kier molecular flexibility index (Phi) is 5.34. The van der Waals surface area contributed by atoms with Crippen LogP contribution in [0.3, 0.4) is 0 Å². The molecule has 0 aliphatic heterocycles. The zero-order valence-electron chi connectivity index (χ0n) is 10.4. The summed E-state index contributed by atoms with van der Waals surface area (Å²) >= 11 is 7.98. The lowest BCUT2D eigenvalue weighted by molar-refractivity contribution is 0.506. The van der Waals surface area contributed by atoms with Crippen molar-refractivity contribution in [3.05, 3.63) is 57.8 Å². The van der Waals surface area contributed by atoms with Gasteiger partial charge >= 0.3 is 0 Å². The SMILES string of the molecule is Fc1ccc(CC(Cl)CCCc2cccs2)cc1F. The number of hydrogen-bond donors (Lipinski definition) is 0. The fourth-order valence-corrected chi connectivity index (χ4v) is 3.06. The lowest BCUT2D eigenvalue weighted by Gasteiger charge is -2.09. The van der Waals surface area contributed by atoms with Crippen LogP contribution in [0, 0.1) is 11.6 Å². The molecule has 19 heavy (non-hydrogen) atoms. The van der Waals surface area contributed by atoms with Gasteiger partial charge in [0.2, 0.25) is 0 Å². The molecular formula is C15H15ClF2S. The van der Waals surface area contributed by atoms with Gasteiger partial charge in [-0.2, -0.15) is 0 Å². The molecule has 1 aromatic heterocycles. The Bertz CT molecular complexity index is 511. The predicted molar refractivity (Wildman–Crippen MR) is 77.0 cm³/mol. The van der Waals surface area contributed by atoms with E-state index in [1.807, 2.05) is 6.07 Å². The van der Waals surface area contributed by atoms with Gasteiger partial charge in [-0.1, -0.05) is 12.1 Å². The Labute approximate surface area is 121 Å². The van der Waals surface area contributed by atoms with Crippen LogP contribution in [0.4, 0.5) is 8.78 Å². The highest BCUT2D eigenvalue weighted by atomic mass is 35.5. The standard InChI is InChI=1S/C15H15ClF2S/c16-12(3-1-4-13-5-2-8-19-13)9-11-6-7-14(17)15(18)10-11/h2,5-8,10,12H,1,3-4,9H2. The van der Waals surface area contributed by atoms with Crippen molar-refractivity contribution in [3.8, 4) is 0 Å². The van der Waals surface area contributed by atoms with Crippen LogP contribution in [-0.4, -0.2) is 5.38 Å². The first-order chi connectivity index (χ1) is 9.15. The normalized spacial score (nSPS) is 12.6. The van der Waals surface area contributed by atoms with Gasteiger partial charge in [0.1, 0.15) is 0 Å². The van der Waals surface area contributed by atoms with E-state index in [-0.39, 0.29) is 5.38 Å². The third kappa shape index (κ3) is 4.59. The average Bonchev–Trinajstić information content (AvgIpc) is 2.87. The van der Waals surface area contributed by atoms with Gasteiger partial charge in [0.25, 0.3) is 0 Å². The van der Waals surface area contributed by atoms with E-state index < -0.39 is 11.6 Å². The first-order valence-electron chi connectivity index (χ1n) is 6.25. The van der Waals surface area contributed by atoms with Crippen LogP contribution in [0.2, 0.25) is 0 Å². The fourth-order valence-electron chi connectivity index (χ4n) is 1.98. The van der Waals surface area contributed by atoms with Crippen molar-refractivity contribution >= 4 is 22.9 Å². The van der Waals surface area contributed by atoms with E-state index in [1.165, 1.54) is 10.9 Å². The van der Waals surface area contributed by atoms with Crippen molar-refractivity contribution in [3.63, 3.8) is 0 Å². The molecule has 0 amide bonds.